The SMILES string of the molecule is CC1(C)c2ccc(-c3cccc(-c4nc(-c5ccccc5)cc(-c5cc(-c6ccccc6)cc(-c6ccccc6)c5)n4)c3)cc2-c2c(C#N)cccc21. The van der Waals surface area contributed by atoms with Gasteiger partial charge in [0, 0.05) is 27.7 Å². The first-order chi connectivity index (χ1) is 26.0. The van der Waals surface area contributed by atoms with E-state index >= 15 is 0 Å². The molecule has 1 aliphatic rings. The van der Waals surface area contributed by atoms with Crippen molar-refractivity contribution in [2.45, 2.75) is 19.3 Å². The molecule has 0 aliphatic heterocycles. The summed E-state index contributed by atoms with van der Waals surface area (Å²) in [6, 6.07) is 63.9. The van der Waals surface area contributed by atoms with Crippen molar-refractivity contribution in [3.8, 4) is 84.5 Å². The van der Waals surface area contributed by atoms with E-state index in [0.717, 1.165) is 72.6 Å². The molecule has 0 spiro atoms. The molecule has 250 valence electrons. The van der Waals surface area contributed by atoms with Gasteiger partial charge in [0.15, 0.2) is 5.82 Å². The topological polar surface area (TPSA) is 49.6 Å². The van der Waals surface area contributed by atoms with Crippen LogP contribution in [0.3, 0.4) is 0 Å². The number of hydrogen-bond donors (Lipinski definition) is 0. The van der Waals surface area contributed by atoms with Gasteiger partial charge in [-0.1, -0.05) is 147 Å². The van der Waals surface area contributed by atoms with Gasteiger partial charge in [-0.3, -0.25) is 0 Å². The summed E-state index contributed by atoms with van der Waals surface area (Å²) in [6.07, 6.45) is 0. The molecule has 3 heteroatoms. The van der Waals surface area contributed by atoms with E-state index < -0.39 is 0 Å². The smallest absolute Gasteiger partial charge is 0.160 e. The van der Waals surface area contributed by atoms with Crippen molar-refractivity contribution in [3.05, 3.63) is 193 Å². The van der Waals surface area contributed by atoms with Gasteiger partial charge in [-0.25, -0.2) is 9.97 Å². The number of rotatable bonds is 6. The molecule has 53 heavy (non-hydrogen) atoms. The number of nitrogens with zero attached hydrogens (tertiary/aromatic N) is 3. The molecule has 1 aromatic heterocycles. The van der Waals surface area contributed by atoms with E-state index in [9.17, 15) is 5.26 Å². The summed E-state index contributed by atoms with van der Waals surface area (Å²) in [6.45, 7) is 4.48. The summed E-state index contributed by atoms with van der Waals surface area (Å²) < 4.78 is 0. The van der Waals surface area contributed by atoms with Gasteiger partial charge in [0.2, 0.25) is 0 Å². The van der Waals surface area contributed by atoms with Gasteiger partial charge < -0.3 is 0 Å². The van der Waals surface area contributed by atoms with Crippen LogP contribution in [0, 0.1) is 11.3 Å². The Bertz CT molecular complexity index is 2630. The lowest BCUT2D eigenvalue weighted by atomic mass is 9.82. The molecular weight excluding hydrogens is 643 g/mol. The average Bonchev–Trinajstić information content (AvgIpc) is 3.47. The zero-order valence-corrected chi connectivity index (χ0v) is 29.6. The maximum Gasteiger partial charge on any atom is 0.160 e. The minimum atomic E-state index is -0.182. The lowest BCUT2D eigenvalue weighted by Gasteiger charge is -2.21. The molecule has 0 amide bonds. The average molecular weight is 678 g/mol. The summed E-state index contributed by atoms with van der Waals surface area (Å²) in [5, 5.41) is 10.0. The predicted molar refractivity (Wildman–Crippen MR) is 217 cm³/mol. The first kappa shape index (κ1) is 32.0. The van der Waals surface area contributed by atoms with E-state index in [1.807, 2.05) is 30.3 Å². The summed E-state index contributed by atoms with van der Waals surface area (Å²) >= 11 is 0. The van der Waals surface area contributed by atoms with Gasteiger partial charge >= 0.3 is 0 Å². The fourth-order valence-electron chi connectivity index (χ4n) is 7.77. The zero-order chi connectivity index (χ0) is 35.9. The number of benzene rings is 7. The summed E-state index contributed by atoms with van der Waals surface area (Å²) in [5.41, 5.74) is 16.6. The van der Waals surface area contributed by atoms with Crippen LogP contribution in [0.1, 0.15) is 30.5 Å². The molecule has 0 atom stereocenters. The second-order valence-electron chi connectivity index (χ2n) is 14.2. The third-order valence-corrected chi connectivity index (χ3v) is 10.5. The van der Waals surface area contributed by atoms with Crippen molar-refractivity contribution < 1.29 is 0 Å². The molecule has 9 rings (SSSR count). The minimum Gasteiger partial charge on any atom is -0.228 e. The van der Waals surface area contributed by atoms with Crippen LogP contribution in [-0.2, 0) is 5.41 Å². The van der Waals surface area contributed by atoms with Gasteiger partial charge in [0.1, 0.15) is 0 Å². The van der Waals surface area contributed by atoms with E-state index in [1.54, 1.807) is 0 Å². The Morgan fingerprint density at radius 3 is 1.57 bits per heavy atom. The molecular formula is C50H35N3. The van der Waals surface area contributed by atoms with Crippen LogP contribution in [0.2, 0.25) is 0 Å². The highest BCUT2D eigenvalue weighted by molar-refractivity contribution is 5.88. The first-order valence-electron chi connectivity index (χ1n) is 18.0. The van der Waals surface area contributed by atoms with E-state index in [2.05, 4.69) is 166 Å². The molecule has 0 saturated carbocycles. The van der Waals surface area contributed by atoms with Gasteiger partial charge in [-0.15, -0.1) is 0 Å². The molecule has 3 nitrogen and oxygen atoms in total. The summed E-state index contributed by atoms with van der Waals surface area (Å²) in [4.78, 5) is 10.5. The number of hydrogen-bond acceptors (Lipinski definition) is 3. The van der Waals surface area contributed by atoms with Gasteiger partial charge in [-0.05, 0) is 92.5 Å². The Balaban J connectivity index is 1.20. The zero-order valence-electron chi connectivity index (χ0n) is 29.6. The Kier molecular flexibility index (Phi) is 7.87. The second-order valence-corrected chi connectivity index (χ2v) is 14.2. The van der Waals surface area contributed by atoms with Crippen molar-refractivity contribution in [3.63, 3.8) is 0 Å². The van der Waals surface area contributed by atoms with Crippen molar-refractivity contribution in [2.75, 3.05) is 0 Å². The van der Waals surface area contributed by atoms with Crippen LogP contribution in [0.25, 0.3) is 78.4 Å². The maximum atomic E-state index is 10.0. The van der Waals surface area contributed by atoms with Crippen LogP contribution >= 0.6 is 0 Å². The minimum absolute atomic E-state index is 0.182. The molecule has 0 radical (unpaired) electrons. The van der Waals surface area contributed by atoms with E-state index in [1.165, 1.54) is 11.1 Å². The number of aromatic nitrogens is 2. The molecule has 8 aromatic rings. The number of fused-ring (bicyclic) bond motifs is 3. The Morgan fingerprint density at radius 1 is 0.415 bits per heavy atom. The molecule has 0 bridgehead atoms. The molecule has 1 aliphatic carbocycles. The molecule has 7 aromatic carbocycles. The number of nitriles is 1. The van der Waals surface area contributed by atoms with E-state index in [0.29, 0.717) is 11.4 Å². The maximum absolute atomic E-state index is 10.0. The van der Waals surface area contributed by atoms with Crippen molar-refractivity contribution in [1.82, 2.24) is 9.97 Å². The van der Waals surface area contributed by atoms with Crippen LogP contribution in [0.15, 0.2) is 176 Å². The Labute approximate surface area is 310 Å². The molecule has 0 N–H and O–H groups in total. The van der Waals surface area contributed by atoms with E-state index in [-0.39, 0.29) is 5.41 Å². The highest BCUT2D eigenvalue weighted by atomic mass is 14.9. The molecule has 0 unspecified atom stereocenters. The van der Waals surface area contributed by atoms with Gasteiger partial charge in [0.05, 0.1) is 23.0 Å². The second kappa shape index (κ2) is 13.0. The largest absolute Gasteiger partial charge is 0.228 e. The van der Waals surface area contributed by atoms with Gasteiger partial charge in [0.25, 0.3) is 0 Å². The summed E-state index contributed by atoms with van der Waals surface area (Å²) in [5.74, 6) is 0.661. The normalized spacial score (nSPS) is 12.5. The lowest BCUT2D eigenvalue weighted by Crippen LogP contribution is -2.14. The third kappa shape index (κ3) is 5.81. The fraction of sp³-hybridized carbons (Fsp3) is 0.0600. The van der Waals surface area contributed by atoms with Crippen LogP contribution in [0.5, 0.6) is 0 Å². The summed E-state index contributed by atoms with van der Waals surface area (Å²) in [7, 11) is 0. The molecule has 0 fully saturated rings. The molecule has 0 saturated heterocycles. The monoisotopic (exact) mass is 677 g/mol. The van der Waals surface area contributed by atoms with E-state index in [4.69, 9.17) is 9.97 Å². The third-order valence-electron chi connectivity index (χ3n) is 10.5. The van der Waals surface area contributed by atoms with Crippen molar-refractivity contribution >= 4 is 0 Å². The lowest BCUT2D eigenvalue weighted by molar-refractivity contribution is 0.660. The van der Waals surface area contributed by atoms with Crippen molar-refractivity contribution in [1.29, 1.82) is 5.26 Å². The standard InChI is InChI=1S/C50H35N3/c1-50(2)44-25-24-37(30-43(44)48-39(32-51)22-13-23-45(48)50)36-20-12-21-38(26-36)49-52-46(35-18-10-5-11-19-35)31-47(53-49)42-28-40(33-14-6-3-7-15-33)27-41(29-42)34-16-8-4-9-17-34/h3-31H,1-2H3. The van der Waals surface area contributed by atoms with Gasteiger partial charge in [-0.2, -0.15) is 5.26 Å². The van der Waals surface area contributed by atoms with Crippen LogP contribution in [0.4, 0.5) is 0 Å². The van der Waals surface area contributed by atoms with Crippen LogP contribution < -0.4 is 0 Å². The Hall–Kier alpha value is -6.89. The fourth-order valence-corrected chi connectivity index (χ4v) is 7.77. The molecule has 1 heterocycles. The highest BCUT2D eigenvalue weighted by Gasteiger charge is 2.36. The predicted octanol–water partition coefficient (Wildman–Crippen LogP) is 12.7. The first-order valence-corrected chi connectivity index (χ1v) is 18.0. The van der Waals surface area contributed by atoms with Crippen LogP contribution in [-0.4, -0.2) is 9.97 Å². The van der Waals surface area contributed by atoms with Crippen molar-refractivity contribution in [2.24, 2.45) is 0 Å². The quantitative estimate of drug-likeness (QED) is 0.176. The highest BCUT2D eigenvalue weighted by Crippen LogP contribution is 2.51. The Morgan fingerprint density at radius 2 is 0.925 bits per heavy atom.